The molecule has 0 aromatic heterocycles. The lowest BCUT2D eigenvalue weighted by Crippen LogP contribution is -2.49. The third-order valence-corrected chi connectivity index (χ3v) is 3.96. The highest BCUT2D eigenvalue weighted by atomic mass is 16.2. The monoisotopic (exact) mass is 312 g/mol. The summed E-state index contributed by atoms with van der Waals surface area (Å²) in [5.41, 5.74) is 1.10. The van der Waals surface area contributed by atoms with Crippen LogP contribution in [0.4, 0.5) is 0 Å². The van der Waals surface area contributed by atoms with E-state index in [1.165, 1.54) is 6.92 Å². The maximum atomic E-state index is 12.7. The second kappa shape index (κ2) is 7.27. The fraction of sp³-hybridized carbons (Fsp3) is 0.368. The topological polar surface area (TPSA) is 49.4 Å². The highest BCUT2D eigenvalue weighted by Crippen LogP contribution is 2.20. The largest absolute Gasteiger partial charge is 0.344 e. The van der Waals surface area contributed by atoms with Gasteiger partial charge in [0.05, 0.1) is 0 Å². The zero-order chi connectivity index (χ0) is 17.0. The van der Waals surface area contributed by atoms with Crippen LogP contribution in [0.25, 0.3) is 10.8 Å². The number of likely N-dealkylation sites (N-methyl/N-ethyl adjacent to an activating group) is 1. The summed E-state index contributed by atoms with van der Waals surface area (Å²) in [7, 11) is 1.78. The van der Waals surface area contributed by atoms with Gasteiger partial charge < -0.3 is 10.2 Å². The minimum Gasteiger partial charge on any atom is -0.344 e. The Hall–Kier alpha value is -2.36. The molecule has 0 heterocycles. The average Bonchev–Trinajstić information content (AvgIpc) is 2.52. The van der Waals surface area contributed by atoms with Crippen molar-refractivity contribution in [3.8, 4) is 0 Å². The van der Waals surface area contributed by atoms with Gasteiger partial charge in [0, 0.05) is 20.5 Å². The summed E-state index contributed by atoms with van der Waals surface area (Å²) in [5.74, 6) is -0.208. The first-order chi connectivity index (χ1) is 10.9. The lowest BCUT2D eigenvalue weighted by atomic mass is 10.0. The Balaban J connectivity index is 2.21. The minimum atomic E-state index is -0.493. The van der Waals surface area contributed by atoms with Crippen LogP contribution in [-0.2, 0) is 16.1 Å². The van der Waals surface area contributed by atoms with Crippen LogP contribution >= 0.6 is 0 Å². The second-order valence-corrected chi connectivity index (χ2v) is 6.25. The average molecular weight is 312 g/mol. The summed E-state index contributed by atoms with van der Waals surface area (Å²) in [6.07, 6.45) is 0. The molecule has 0 aliphatic carbocycles. The van der Waals surface area contributed by atoms with Crippen LogP contribution in [0.15, 0.2) is 42.5 Å². The van der Waals surface area contributed by atoms with Crippen LogP contribution in [0.1, 0.15) is 26.3 Å². The maximum absolute atomic E-state index is 12.7. The molecule has 2 aromatic carbocycles. The third-order valence-electron chi connectivity index (χ3n) is 3.96. The number of hydrogen-bond acceptors (Lipinski definition) is 2. The predicted octanol–water partition coefficient (Wildman–Crippen LogP) is 2.96. The standard InChI is InChI=1S/C19H24N2O2/c1-13(2)18(20-14(3)22)19(23)21(4)12-16-10-7-9-15-8-5-6-11-17(15)16/h5-11,13,18H,12H2,1-4H3,(H,20,22)/t18-/m0/s1. The van der Waals surface area contributed by atoms with Gasteiger partial charge >= 0.3 is 0 Å². The first-order valence-electron chi connectivity index (χ1n) is 7.89. The molecule has 122 valence electrons. The molecule has 2 aromatic rings. The molecule has 2 rings (SSSR count). The van der Waals surface area contributed by atoms with Gasteiger partial charge in [-0.05, 0) is 22.3 Å². The molecule has 0 unspecified atom stereocenters. The first-order valence-corrected chi connectivity index (χ1v) is 7.89. The summed E-state index contributed by atoms with van der Waals surface area (Å²) in [4.78, 5) is 25.7. The number of nitrogens with one attached hydrogen (secondary N) is 1. The molecule has 0 fully saturated rings. The van der Waals surface area contributed by atoms with Gasteiger partial charge in [0.15, 0.2) is 0 Å². The molecule has 0 spiro atoms. The van der Waals surface area contributed by atoms with Crippen molar-refractivity contribution >= 4 is 22.6 Å². The summed E-state index contributed by atoms with van der Waals surface area (Å²) in [6, 6.07) is 13.8. The number of hydrogen-bond donors (Lipinski definition) is 1. The highest BCUT2D eigenvalue weighted by molar-refractivity contribution is 5.88. The predicted molar refractivity (Wildman–Crippen MR) is 92.9 cm³/mol. The molecule has 1 N–H and O–H groups in total. The zero-order valence-electron chi connectivity index (χ0n) is 14.2. The van der Waals surface area contributed by atoms with Gasteiger partial charge in [0.25, 0.3) is 0 Å². The van der Waals surface area contributed by atoms with E-state index in [1.807, 2.05) is 38.1 Å². The van der Waals surface area contributed by atoms with E-state index in [0.29, 0.717) is 6.54 Å². The van der Waals surface area contributed by atoms with Gasteiger partial charge in [-0.2, -0.15) is 0 Å². The molecular formula is C19H24N2O2. The van der Waals surface area contributed by atoms with Gasteiger partial charge in [0.2, 0.25) is 11.8 Å². The Bertz CT molecular complexity index is 704. The van der Waals surface area contributed by atoms with Crippen LogP contribution in [0, 0.1) is 5.92 Å². The highest BCUT2D eigenvalue weighted by Gasteiger charge is 2.26. The molecule has 0 radical (unpaired) electrons. The Kier molecular flexibility index (Phi) is 5.37. The van der Waals surface area contributed by atoms with Crippen molar-refractivity contribution in [1.29, 1.82) is 0 Å². The van der Waals surface area contributed by atoms with E-state index in [-0.39, 0.29) is 17.7 Å². The summed E-state index contributed by atoms with van der Waals surface area (Å²) in [6.45, 7) is 5.82. The van der Waals surface area contributed by atoms with Crippen molar-refractivity contribution in [3.05, 3.63) is 48.0 Å². The SMILES string of the molecule is CC(=O)N[C@H](C(=O)N(C)Cc1cccc2ccccc12)C(C)C. The number of amides is 2. The van der Waals surface area contributed by atoms with Gasteiger partial charge in [-0.1, -0.05) is 56.3 Å². The van der Waals surface area contributed by atoms with E-state index in [9.17, 15) is 9.59 Å². The quantitative estimate of drug-likeness (QED) is 0.923. The molecule has 2 amide bonds. The molecular weight excluding hydrogens is 288 g/mol. The molecule has 0 saturated carbocycles. The molecule has 0 saturated heterocycles. The van der Waals surface area contributed by atoms with Crippen LogP contribution in [0.5, 0.6) is 0 Å². The maximum Gasteiger partial charge on any atom is 0.245 e. The fourth-order valence-corrected chi connectivity index (χ4v) is 2.73. The number of carbonyl (C=O) groups excluding carboxylic acids is 2. The molecule has 1 atom stereocenters. The first kappa shape index (κ1) is 17.0. The van der Waals surface area contributed by atoms with Crippen molar-refractivity contribution in [3.63, 3.8) is 0 Å². The van der Waals surface area contributed by atoms with Gasteiger partial charge in [-0.3, -0.25) is 9.59 Å². The van der Waals surface area contributed by atoms with Crippen LogP contribution in [0.2, 0.25) is 0 Å². The zero-order valence-corrected chi connectivity index (χ0v) is 14.2. The van der Waals surface area contributed by atoms with Crippen molar-refractivity contribution in [2.24, 2.45) is 5.92 Å². The van der Waals surface area contributed by atoms with E-state index >= 15 is 0 Å². The Morgan fingerprint density at radius 2 is 1.74 bits per heavy atom. The fourth-order valence-electron chi connectivity index (χ4n) is 2.73. The molecule has 23 heavy (non-hydrogen) atoms. The van der Waals surface area contributed by atoms with E-state index in [2.05, 4.69) is 23.5 Å². The number of rotatable bonds is 5. The summed E-state index contributed by atoms with van der Waals surface area (Å²) >= 11 is 0. The van der Waals surface area contributed by atoms with Crippen LogP contribution < -0.4 is 5.32 Å². The van der Waals surface area contributed by atoms with Crippen molar-refractivity contribution in [1.82, 2.24) is 10.2 Å². The number of fused-ring (bicyclic) bond motifs is 1. The summed E-state index contributed by atoms with van der Waals surface area (Å²) in [5, 5.41) is 5.06. The number of carbonyl (C=O) groups is 2. The molecule has 0 bridgehead atoms. The Morgan fingerprint density at radius 1 is 1.09 bits per heavy atom. The third kappa shape index (κ3) is 4.09. The van der Waals surface area contributed by atoms with Crippen molar-refractivity contribution < 1.29 is 9.59 Å². The molecule has 4 heteroatoms. The molecule has 0 aliphatic rings. The van der Waals surface area contributed by atoms with Gasteiger partial charge in [-0.25, -0.2) is 0 Å². The van der Waals surface area contributed by atoms with E-state index in [4.69, 9.17) is 0 Å². The number of nitrogens with zero attached hydrogens (tertiary/aromatic N) is 1. The van der Waals surface area contributed by atoms with E-state index in [1.54, 1.807) is 11.9 Å². The molecule has 0 aliphatic heterocycles. The number of benzene rings is 2. The molecule has 4 nitrogen and oxygen atoms in total. The Labute approximate surface area is 137 Å². The minimum absolute atomic E-state index is 0.0429. The van der Waals surface area contributed by atoms with Crippen LogP contribution in [-0.4, -0.2) is 29.8 Å². The van der Waals surface area contributed by atoms with E-state index in [0.717, 1.165) is 16.3 Å². The van der Waals surface area contributed by atoms with E-state index < -0.39 is 6.04 Å². The smallest absolute Gasteiger partial charge is 0.245 e. The van der Waals surface area contributed by atoms with Gasteiger partial charge in [-0.15, -0.1) is 0 Å². The normalized spacial score (nSPS) is 12.2. The Morgan fingerprint density at radius 3 is 2.39 bits per heavy atom. The second-order valence-electron chi connectivity index (χ2n) is 6.25. The van der Waals surface area contributed by atoms with Gasteiger partial charge in [0.1, 0.15) is 6.04 Å². The van der Waals surface area contributed by atoms with Crippen molar-refractivity contribution in [2.45, 2.75) is 33.4 Å². The van der Waals surface area contributed by atoms with Crippen LogP contribution in [0.3, 0.4) is 0 Å². The lowest BCUT2D eigenvalue weighted by molar-refractivity contribution is -0.136. The summed E-state index contributed by atoms with van der Waals surface area (Å²) < 4.78 is 0. The lowest BCUT2D eigenvalue weighted by Gasteiger charge is -2.27. The van der Waals surface area contributed by atoms with Crippen molar-refractivity contribution in [2.75, 3.05) is 7.05 Å².